The Balaban J connectivity index is 1.60. The molecule has 0 spiro atoms. The lowest BCUT2D eigenvalue weighted by Crippen LogP contribution is -2.29. The van der Waals surface area contributed by atoms with Crippen molar-refractivity contribution in [1.82, 2.24) is 20.8 Å². The highest BCUT2D eigenvalue weighted by Gasteiger charge is 2.21. The van der Waals surface area contributed by atoms with Crippen LogP contribution < -0.4 is 10.6 Å². The van der Waals surface area contributed by atoms with E-state index in [-0.39, 0.29) is 5.91 Å². The fourth-order valence-corrected chi connectivity index (χ4v) is 2.70. The van der Waals surface area contributed by atoms with E-state index in [1.807, 2.05) is 12.1 Å². The third kappa shape index (κ3) is 2.97. The van der Waals surface area contributed by atoms with E-state index in [1.165, 1.54) is 11.1 Å². The zero-order valence-corrected chi connectivity index (χ0v) is 12.2. The Morgan fingerprint density at radius 3 is 3.10 bits per heavy atom. The van der Waals surface area contributed by atoms with Crippen LogP contribution >= 0.6 is 0 Å². The van der Waals surface area contributed by atoms with Gasteiger partial charge in [-0.25, -0.2) is 0 Å². The molecule has 0 atom stereocenters. The van der Waals surface area contributed by atoms with Gasteiger partial charge in [-0.05, 0) is 24.5 Å². The van der Waals surface area contributed by atoms with Crippen LogP contribution in [0.1, 0.15) is 32.9 Å². The minimum atomic E-state index is -0.0928. The normalized spacial score (nSPS) is 13.8. The summed E-state index contributed by atoms with van der Waals surface area (Å²) in [5.74, 6) is -0.0928. The molecular formula is C16H20N4O. The lowest BCUT2D eigenvalue weighted by atomic mass is 10.1. The quantitative estimate of drug-likeness (QED) is 0.793. The van der Waals surface area contributed by atoms with Gasteiger partial charge in [0.25, 0.3) is 5.91 Å². The molecule has 0 saturated heterocycles. The number of carbonyl (C=O) groups is 1. The van der Waals surface area contributed by atoms with Crippen LogP contribution in [0.25, 0.3) is 0 Å². The third-order valence-electron chi connectivity index (χ3n) is 3.96. The molecule has 21 heavy (non-hydrogen) atoms. The Kier molecular flexibility index (Phi) is 4.01. The first kappa shape index (κ1) is 13.8. The molecule has 3 rings (SSSR count). The number of H-pyrrole nitrogens is 1. The Morgan fingerprint density at radius 2 is 2.24 bits per heavy atom. The van der Waals surface area contributed by atoms with Crippen molar-refractivity contribution in [3.8, 4) is 0 Å². The Bertz CT molecular complexity index is 647. The average molecular weight is 284 g/mol. The molecule has 3 N–H and O–H groups in total. The Hall–Kier alpha value is -2.14. The van der Waals surface area contributed by atoms with Gasteiger partial charge >= 0.3 is 0 Å². The molecule has 5 nitrogen and oxygen atoms in total. The molecule has 1 aromatic heterocycles. The van der Waals surface area contributed by atoms with E-state index in [9.17, 15) is 4.79 Å². The average Bonchev–Trinajstić information content (AvgIpc) is 2.93. The van der Waals surface area contributed by atoms with Gasteiger partial charge in [-0.1, -0.05) is 24.3 Å². The van der Waals surface area contributed by atoms with Crippen molar-refractivity contribution in [2.24, 2.45) is 0 Å². The first-order valence-electron chi connectivity index (χ1n) is 7.35. The number of hydrogen-bond acceptors (Lipinski definition) is 3. The molecule has 1 aromatic carbocycles. The van der Waals surface area contributed by atoms with Gasteiger partial charge < -0.3 is 10.6 Å². The molecule has 0 saturated carbocycles. The van der Waals surface area contributed by atoms with Gasteiger partial charge in [0, 0.05) is 37.3 Å². The number of aromatic amines is 1. The van der Waals surface area contributed by atoms with E-state index >= 15 is 0 Å². The number of fused-ring (bicyclic) bond motifs is 1. The van der Waals surface area contributed by atoms with Gasteiger partial charge in [0.2, 0.25) is 0 Å². The molecular weight excluding hydrogens is 264 g/mol. The van der Waals surface area contributed by atoms with E-state index in [0.717, 1.165) is 30.6 Å². The van der Waals surface area contributed by atoms with Crippen molar-refractivity contribution in [2.45, 2.75) is 26.3 Å². The van der Waals surface area contributed by atoms with Crippen molar-refractivity contribution in [2.75, 3.05) is 13.1 Å². The third-order valence-corrected chi connectivity index (χ3v) is 3.96. The largest absolute Gasteiger partial charge is 0.350 e. The van der Waals surface area contributed by atoms with Crippen molar-refractivity contribution in [1.29, 1.82) is 0 Å². The monoisotopic (exact) mass is 284 g/mol. The lowest BCUT2D eigenvalue weighted by molar-refractivity contribution is 0.0948. The second kappa shape index (κ2) is 6.10. The maximum absolute atomic E-state index is 12.2. The van der Waals surface area contributed by atoms with Crippen molar-refractivity contribution < 1.29 is 4.79 Å². The Labute approximate surface area is 124 Å². The molecule has 1 aliphatic rings. The predicted molar refractivity (Wildman–Crippen MR) is 81.2 cm³/mol. The maximum Gasteiger partial charge on any atom is 0.272 e. The summed E-state index contributed by atoms with van der Waals surface area (Å²) in [4.78, 5) is 12.2. The summed E-state index contributed by atoms with van der Waals surface area (Å²) in [5, 5.41) is 13.4. The van der Waals surface area contributed by atoms with Gasteiger partial charge in [-0.15, -0.1) is 0 Å². The molecule has 0 radical (unpaired) electrons. The smallest absolute Gasteiger partial charge is 0.272 e. The number of amides is 1. The van der Waals surface area contributed by atoms with Crippen LogP contribution in [0.5, 0.6) is 0 Å². The zero-order chi connectivity index (χ0) is 14.7. The highest BCUT2D eigenvalue weighted by Crippen LogP contribution is 2.15. The summed E-state index contributed by atoms with van der Waals surface area (Å²) in [6.07, 6.45) is 1.74. The van der Waals surface area contributed by atoms with Crippen LogP contribution in [0.15, 0.2) is 24.3 Å². The molecule has 0 unspecified atom stereocenters. The highest BCUT2D eigenvalue weighted by atomic mass is 16.1. The maximum atomic E-state index is 12.2. The number of rotatable bonds is 4. The molecule has 1 amide bonds. The van der Waals surface area contributed by atoms with Gasteiger partial charge in [0.15, 0.2) is 5.69 Å². The van der Waals surface area contributed by atoms with Gasteiger partial charge in [0.1, 0.15) is 0 Å². The van der Waals surface area contributed by atoms with E-state index in [1.54, 1.807) is 0 Å². The number of nitrogens with one attached hydrogen (secondary N) is 3. The number of aryl methyl sites for hydroxylation is 1. The fraction of sp³-hybridized carbons (Fsp3) is 0.375. The van der Waals surface area contributed by atoms with Crippen LogP contribution in [0, 0.1) is 6.92 Å². The highest BCUT2D eigenvalue weighted by molar-refractivity contribution is 5.94. The van der Waals surface area contributed by atoms with Gasteiger partial charge in [0.05, 0.1) is 0 Å². The summed E-state index contributed by atoms with van der Waals surface area (Å²) in [5.41, 5.74) is 5.14. The summed E-state index contributed by atoms with van der Waals surface area (Å²) in [6, 6.07) is 8.25. The number of nitrogens with zero attached hydrogens (tertiary/aromatic N) is 1. The van der Waals surface area contributed by atoms with Crippen molar-refractivity contribution in [3.63, 3.8) is 0 Å². The summed E-state index contributed by atoms with van der Waals surface area (Å²) in [7, 11) is 0. The number of aromatic nitrogens is 2. The SMILES string of the molecule is Cc1ccccc1CCNC(=O)c1n[nH]c2c1CNCC2. The second-order valence-corrected chi connectivity index (χ2v) is 5.39. The van der Waals surface area contributed by atoms with Crippen LogP contribution in [0.4, 0.5) is 0 Å². The molecule has 0 fully saturated rings. The molecule has 2 aromatic rings. The molecule has 2 heterocycles. The standard InChI is InChI=1S/C16H20N4O/c1-11-4-2-3-5-12(11)6-9-18-16(21)15-13-10-17-8-7-14(13)19-20-15/h2-5,17H,6-10H2,1H3,(H,18,21)(H,19,20). The van der Waals surface area contributed by atoms with Crippen LogP contribution in [-0.4, -0.2) is 29.2 Å². The first-order valence-corrected chi connectivity index (χ1v) is 7.35. The molecule has 110 valence electrons. The van der Waals surface area contributed by atoms with Gasteiger partial charge in [-0.3, -0.25) is 9.89 Å². The molecule has 5 heteroatoms. The van der Waals surface area contributed by atoms with Crippen molar-refractivity contribution in [3.05, 3.63) is 52.3 Å². The summed E-state index contributed by atoms with van der Waals surface area (Å²) >= 11 is 0. The number of hydrogen-bond donors (Lipinski definition) is 3. The second-order valence-electron chi connectivity index (χ2n) is 5.39. The number of carbonyl (C=O) groups excluding carboxylic acids is 1. The predicted octanol–water partition coefficient (Wildman–Crippen LogP) is 1.34. The molecule has 0 aliphatic carbocycles. The van der Waals surface area contributed by atoms with E-state index < -0.39 is 0 Å². The summed E-state index contributed by atoms with van der Waals surface area (Å²) < 4.78 is 0. The van der Waals surface area contributed by atoms with Crippen molar-refractivity contribution >= 4 is 5.91 Å². The fourth-order valence-electron chi connectivity index (χ4n) is 2.70. The van der Waals surface area contributed by atoms with Gasteiger partial charge in [-0.2, -0.15) is 5.10 Å². The minimum absolute atomic E-state index is 0.0928. The van der Waals surface area contributed by atoms with E-state index in [2.05, 4.69) is 39.9 Å². The summed E-state index contributed by atoms with van der Waals surface area (Å²) in [6.45, 7) is 4.36. The van der Waals surface area contributed by atoms with Crippen LogP contribution in [0.2, 0.25) is 0 Å². The molecule has 1 aliphatic heterocycles. The lowest BCUT2D eigenvalue weighted by Gasteiger charge is -2.13. The zero-order valence-electron chi connectivity index (χ0n) is 12.2. The molecule has 0 bridgehead atoms. The van der Waals surface area contributed by atoms with E-state index in [4.69, 9.17) is 0 Å². The first-order chi connectivity index (χ1) is 10.3. The Morgan fingerprint density at radius 1 is 1.38 bits per heavy atom. The number of benzene rings is 1. The van der Waals surface area contributed by atoms with E-state index in [0.29, 0.717) is 18.8 Å². The van der Waals surface area contributed by atoms with Crippen LogP contribution in [0.3, 0.4) is 0 Å². The minimum Gasteiger partial charge on any atom is -0.350 e. The topological polar surface area (TPSA) is 69.8 Å². The van der Waals surface area contributed by atoms with Crippen LogP contribution in [-0.2, 0) is 19.4 Å².